The quantitative estimate of drug-likeness (QED) is 0.364. The molecule has 10 heteroatoms. The lowest BCUT2D eigenvalue weighted by molar-refractivity contribution is 0.253. The number of aryl methyl sites for hydroxylation is 1. The van der Waals surface area contributed by atoms with Gasteiger partial charge in [-0.05, 0) is 6.92 Å². The van der Waals surface area contributed by atoms with Crippen LogP contribution in [0.25, 0.3) is 0 Å². The minimum absolute atomic E-state index is 0. The van der Waals surface area contributed by atoms with Crippen LogP contribution in [0, 0.1) is 6.92 Å². The van der Waals surface area contributed by atoms with Crippen LogP contribution in [0.4, 0.5) is 4.79 Å². The van der Waals surface area contributed by atoms with E-state index in [-0.39, 0.29) is 24.8 Å². The number of amides is 2. The molecule has 0 radical (unpaired) electrons. The summed E-state index contributed by atoms with van der Waals surface area (Å²) in [6.45, 7) is 2.58. The van der Waals surface area contributed by atoms with Crippen LogP contribution in [0.1, 0.15) is 11.4 Å². The Balaban J connectivity index is 0. The first kappa shape index (κ1) is 21.2. The van der Waals surface area contributed by atoms with Gasteiger partial charge >= 0.3 is 6.03 Å². The summed E-state index contributed by atoms with van der Waals surface area (Å²) in [5, 5.41) is 5.16. The molecule has 0 saturated carbocycles. The van der Waals surface area contributed by atoms with E-state index in [1.165, 1.54) is 0 Å². The smallest absolute Gasteiger partial charge is 0.318 e. The second kappa shape index (κ2) is 11.7. The number of aromatic amines is 1. The Bertz CT molecular complexity index is 426. The molecule has 2 amide bonds. The zero-order chi connectivity index (χ0) is 13.4. The van der Waals surface area contributed by atoms with E-state index in [9.17, 15) is 4.79 Å². The van der Waals surface area contributed by atoms with Gasteiger partial charge in [0, 0.05) is 24.2 Å². The van der Waals surface area contributed by atoms with Crippen molar-refractivity contribution < 1.29 is 4.79 Å². The summed E-state index contributed by atoms with van der Waals surface area (Å²) < 4.78 is 0. The van der Waals surface area contributed by atoms with E-state index in [0.29, 0.717) is 12.5 Å². The first-order valence-corrected chi connectivity index (χ1v) is 6.64. The molecule has 7 nitrogen and oxygen atoms in total. The maximum absolute atomic E-state index is 10.6. The molecule has 0 atom stereocenters. The Hall–Kier alpha value is -1.12. The fourth-order valence-electron chi connectivity index (χ4n) is 1.23. The number of hydrogen-bond donors (Lipinski definition) is 4. The average molecular weight is 343 g/mol. The van der Waals surface area contributed by atoms with E-state index in [1.807, 2.05) is 6.92 Å². The summed E-state index contributed by atoms with van der Waals surface area (Å²) in [5.74, 6) is 2.12. The fraction of sp³-hybridized carbons (Fsp3) is 0.500. The number of H-pyrrole nitrogens is 1. The normalized spacial score (nSPS) is 10.2. The minimum Gasteiger partial charge on any atom is -0.359 e. The number of aliphatic imine (C=N–C) groups is 1. The summed E-state index contributed by atoms with van der Waals surface area (Å²) >= 11 is 1.75. The summed E-state index contributed by atoms with van der Waals surface area (Å²) in [6.07, 6.45) is 1.69. The lowest BCUT2D eigenvalue weighted by Crippen LogP contribution is -2.42. The third-order valence-electron chi connectivity index (χ3n) is 2.16. The molecule has 1 aromatic heterocycles. The van der Waals surface area contributed by atoms with Crippen LogP contribution < -0.4 is 16.4 Å². The van der Waals surface area contributed by atoms with Crippen LogP contribution in [0.2, 0.25) is 0 Å². The van der Waals surface area contributed by atoms with Gasteiger partial charge in [-0.2, -0.15) is 11.8 Å². The van der Waals surface area contributed by atoms with Crippen LogP contribution in [0.5, 0.6) is 0 Å². The summed E-state index contributed by atoms with van der Waals surface area (Å²) in [7, 11) is 1.68. The van der Waals surface area contributed by atoms with E-state index in [0.717, 1.165) is 22.9 Å². The molecule has 1 heterocycles. The van der Waals surface area contributed by atoms with Crippen LogP contribution >= 0.6 is 36.6 Å². The van der Waals surface area contributed by atoms with Crippen molar-refractivity contribution in [3.63, 3.8) is 0 Å². The van der Waals surface area contributed by atoms with Gasteiger partial charge in [0.1, 0.15) is 0 Å². The summed E-state index contributed by atoms with van der Waals surface area (Å²) in [4.78, 5) is 22.0. The van der Waals surface area contributed by atoms with Crippen LogP contribution in [-0.2, 0) is 5.75 Å². The van der Waals surface area contributed by atoms with Crippen molar-refractivity contribution in [3.05, 3.63) is 17.7 Å². The third kappa shape index (κ3) is 8.13. The van der Waals surface area contributed by atoms with Gasteiger partial charge < -0.3 is 16.0 Å². The number of guanidine groups is 1. The number of primary amides is 1. The number of nitrogens with one attached hydrogen (secondary N) is 3. The predicted molar refractivity (Wildman–Crippen MR) is 88.1 cm³/mol. The van der Waals surface area contributed by atoms with E-state index in [1.54, 1.807) is 25.1 Å². The number of halogens is 2. The standard InChI is InChI=1S/C10H18N6OS.2ClH/c1-7-8(15-6-14-7)5-18-4-3-13-10(12-2)16-9(11)17;;/h6H,3-5H2,1-2H3,(H,14,15)(H4,11,12,13,16,17);2*1H. The van der Waals surface area contributed by atoms with Crippen molar-refractivity contribution in [3.8, 4) is 0 Å². The van der Waals surface area contributed by atoms with Crippen LogP contribution in [-0.4, -0.2) is 41.3 Å². The molecule has 0 aliphatic carbocycles. The fourth-order valence-corrected chi connectivity index (χ4v) is 2.09. The SMILES string of the molecule is CN/C(=N/CCSCc1[nH]cnc1C)NC(N)=O.Cl.Cl. The largest absolute Gasteiger partial charge is 0.359 e. The molecule has 1 rings (SSSR count). The molecule has 1 aromatic rings. The predicted octanol–water partition coefficient (Wildman–Crippen LogP) is 1.04. The van der Waals surface area contributed by atoms with Gasteiger partial charge in [-0.15, -0.1) is 24.8 Å². The number of carbonyl (C=O) groups is 1. The number of aromatic nitrogens is 2. The number of urea groups is 1. The van der Waals surface area contributed by atoms with Crippen molar-refractivity contribution in [2.24, 2.45) is 10.7 Å². The van der Waals surface area contributed by atoms with Gasteiger partial charge in [0.25, 0.3) is 0 Å². The van der Waals surface area contributed by atoms with E-state index < -0.39 is 6.03 Å². The Kier molecular flexibility index (Phi) is 12.4. The van der Waals surface area contributed by atoms with Gasteiger partial charge in [-0.3, -0.25) is 10.3 Å². The minimum atomic E-state index is -0.621. The topological polar surface area (TPSA) is 108 Å². The number of thioether (sulfide) groups is 1. The first-order chi connectivity index (χ1) is 8.63. The van der Waals surface area contributed by atoms with Crippen LogP contribution in [0.15, 0.2) is 11.3 Å². The molecule has 5 N–H and O–H groups in total. The zero-order valence-corrected chi connectivity index (χ0v) is 13.8. The monoisotopic (exact) mass is 342 g/mol. The highest BCUT2D eigenvalue weighted by Gasteiger charge is 2.01. The van der Waals surface area contributed by atoms with Crippen molar-refractivity contribution >= 4 is 48.6 Å². The number of rotatable bonds is 5. The first-order valence-electron chi connectivity index (χ1n) is 5.48. The Morgan fingerprint density at radius 3 is 2.75 bits per heavy atom. The van der Waals surface area contributed by atoms with E-state index >= 15 is 0 Å². The molecule has 0 aliphatic rings. The lowest BCUT2D eigenvalue weighted by atomic mass is 10.4. The molecule has 0 fully saturated rings. The highest BCUT2D eigenvalue weighted by atomic mass is 35.5. The average Bonchev–Trinajstić information content (AvgIpc) is 2.72. The van der Waals surface area contributed by atoms with Gasteiger partial charge in [-0.1, -0.05) is 0 Å². The van der Waals surface area contributed by atoms with Gasteiger partial charge in [0.05, 0.1) is 18.6 Å². The molecule has 0 unspecified atom stereocenters. The number of nitrogens with zero attached hydrogens (tertiary/aromatic N) is 2. The number of carbonyl (C=O) groups excluding carboxylic acids is 1. The highest BCUT2D eigenvalue weighted by molar-refractivity contribution is 7.98. The van der Waals surface area contributed by atoms with Gasteiger partial charge in [0.15, 0.2) is 5.96 Å². The number of imidazole rings is 1. The molecule has 20 heavy (non-hydrogen) atoms. The second-order valence-electron chi connectivity index (χ2n) is 3.49. The molecule has 0 bridgehead atoms. The van der Waals surface area contributed by atoms with Gasteiger partial charge in [-0.25, -0.2) is 9.78 Å². The lowest BCUT2D eigenvalue weighted by Gasteiger charge is -2.05. The highest BCUT2D eigenvalue weighted by Crippen LogP contribution is 2.11. The van der Waals surface area contributed by atoms with Crippen molar-refractivity contribution in [1.29, 1.82) is 0 Å². The molecule has 116 valence electrons. The number of nitrogens with two attached hydrogens (primary N) is 1. The third-order valence-corrected chi connectivity index (χ3v) is 3.13. The second-order valence-corrected chi connectivity index (χ2v) is 4.59. The maximum Gasteiger partial charge on any atom is 0.318 e. The zero-order valence-electron chi connectivity index (χ0n) is 11.3. The Morgan fingerprint density at radius 2 is 2.25 bits per heavy atom. The molecule has 0 aliphatic heterocycles. The molecular formula is C10H20Cl2N6OS. The maximum atomic E-state index is 10.6. The van der Waals surface area contributed by atoms with Crippen molar-refractivity contribution in [1.82, 2.24) is 20.6 Å². The molecular weight excluding hydrogens is 323 g/mol. The van der Waals surface area contributed by atoms with E-state index in [4.69, 9.17) is 5.73 Å². The van der Waals surface area contributed by atoms with E-state index in [2.05, 4.69) is 25.6 Å². The summed E-state index contributed by atoms with van der Waals surface area (Å²) in [5.41, 5.74) is 7.15. The van der Waals surface area contributed by atoms with Gasteiger partial charge in [0.2, 0.25) is 0 Å². The molecule has 0 aromatic carbocycles. The Labute approximate surface area is 134 Å². The van der Waals surface area contributed by atoms with Crippen LogP contribution in [0.3, 0.4) is 0 Å². The number of hydrogen-bond acceptors (Lipinski definition) is 4. The Morgan fingerprint density at radius 1 is 1.55 bits per heavy atom. The van der Waals surface area contributed by atoms with Crippen molar-refractivity contribution in [2.45, 2.75) is 12.7 Å². The molecule has 0 spiro atoms. The van der Waals surface area contributed by atoms with Crippen molar-refractivity contribution in [2.75, 3.05) is 19.3 Å². The molecule has 0 saturated heterocycles. The summed E-state index contributed by atoms with van der Waals surface area (Å²) in [6, 6.07) is -0.621.